The highest BCUT2D eigenvalue weighted by molar-refractivity contribution is 5.94. The predicted octanol–water partition coefficient (Wildman–Crippen LogP) is 3.36. The van der Waals surface area contributed by atoms with Crippen LogP contribution in [0.5, 0.6) is 17.2 Å². The minimum Gasteiger partial charge on any atom is -0.493 e. The quantitative estimate of drug-likeness (QED) is 0.218. The number of rotatable bonds is 9. The molecule has 0 aliphatic rings. The van der Waals surface area contributed by atoms with Gasteiger partial charge in [-0.25, -0.2) is 4.99 Å². The summed E-state index contributed by atoms with van der Waals surface area (Å²) in [7, 11) is 4.62. The molecular formula is C20H24N4O5. The summed E-state index contributed by atoms with van der Waals surface area (Å²) in [6, 6.07) is 9.78. The maximum absolute atomic E-state index is 10.8. The van der Waals surface area contributed by atoms with Crippen LogP contribution in [0.15, 0.2) is 54.0 Å². The summed E-state index contributed by atoms with van der Waals surface area (Å²) in [6.07, 6.45) is 1.71. The summed E-state index contributed by atoms with van der Waals surface area (Å²) >= 11 is 0. The molecule has 0 amide bonds. The molecule has 0 unspecified atom stereocenters. The largest absolute Gasteiger partial charge is 0.493 e. The second-order valence-corrected chi connectivity index (χ2v) is 5.80. The van der Waals surface area contributed by atoms with Gasteiger partial charge >= 0.3 is 0 Å². The van der Waals surface area contributed by atoms with Crippen LogP contribution in [0.4, 0.5) is 11.4 Å². The lowest BCUT2D eigenvalue weighted by Crippen LogP contribution is -2.31. The second kappa shape index (κ2) is 10.5. The zero-order valence-electron chi connectivity index (χ0n) is 16.6. The van der Waals surface area contributed by atoms with Gasteiger partial charge in [-0.2, -0.15) is 0 Å². The lowest BCUT2D eigenvalue weighted by atomic mass is 10.2. The molecule has 2 aromatic carbocycles. The van der Waals surface area contributed by atoms with Gasteiger partial charge in [-0.15, -0.1) is 6.58 Å². The van der Waals surface area contributed by atoms with E-state index in [0.717, 1.165) is 5.56 Å². The maximum Gasteiger partial charge on any atom is 0.269 e. The molecule has 154 valence electrons. The summed E-state index contributed by atoms with van der Waals surface area (Å²) in [5.41, 5.74) is 1.55. The summed E-state index contributed by atoms with van der Waals surface area (Å²) in [4.78, 5) is 14.9. The molecule has 0 heterocycles. The van der Waals surface area contributed by atoms with Crippen molar-refractivity contribution in [3.63, 3.8) is 0 Å². The normalized spacial score (nSPS) is 10.8. The first-order valence-corrected chi connectivity index (χ1v) is 8.72. The molecule has 2 N–H and O–H groups in total. The number of benzene rings is 2. The van der Waals surface area contributed by atoms with Crippen molar-refractivity contribution in [2.45, 2.75) is 6.54 Å². The fourth-order valence-corrected chi connectivity index (χ4v) is 2.49. The molecule has 9 nitrogen and oxygen atoms in total. The van der Waals surface area contributed by atoms with Gasteiger partial charge in [0, 0.05) is 36.5 Å². The average Bonchev–Trinajstić information content (AvgIpc) is 2.74. The topological polar surface area (TPSA) is 107 Å². The van der Waals surface area contributed by atoms with Gasteiger partial charge in [0.25, 0.3) is 5.69 Å². The van der Waals surface area contributed by atoms with Crippen molar-refractivity contribution in [1.29, 1.82) is 0 Å². The number of aliphatic imine (C=N–C) groups is 1. The molecule has 9 heteroatoms. The number of non-ortho nitro benzene ring substituents is 1. The SMILES string of the molecule is C=CCNC(=NCc1ccc([N+](=O)[O-])cc1)Nc1cc(OC)c(OC)c(OC)c1. The Balaban J connectivity index is 2.24. The van der Waals surface area contributed by atoms with Crippen molar-refractivity contribution in [3.8, 4) is 17.2 Å². The maximum atomic E-state index is 10.8. The Morgan fingerprint density at radius 1 is 1.14 bits per heavy atom. The molecule has 0 fully saturated rings. The molecule has 0 atom stereocenters. The molecule has 0 bridgehead atoms. The standard InChI is InChI=1S/C20H24N4O5/c1-5-10-21-20(22-13-14-6-8-16(9-7-14)24(25)26)23-15-11-17(27-2)19(29-4)18(12-15)28-3/h5-9,11-12H,1,10,13H2,2-4H3,(H2,21,22,23). The molecule has 0 radical (unpaired) electrons. The van der Waals surface area contributed by atoms with E-state index in [1.165, 1.54) is 19.2 Å². The molecule has 29 heavy (non-hydrogen) atoms. The predicted molar refractivity (Wildman–Crippen MR) is 112 cm³/mol. The lowest BCUT2D eigenvalue weighted by Gasteiger charge is -2.16. The van der Waals surface area contributed by atoms with Crippen LogP contribution in [-0.4, -0.2) is 38.8 Å². The van der Waals surface area contributed by atoms with E-state index >= 15 is 0 Å². The molecule has 0 saturated heterocycles. The van der Waals surface area contributed by atoms with E-state index in [-0.39, 0.29) is 5.69 Å². The van der Waals surface area contributed by atoms with E-state index in [0.29, 0.717) is 42.0 Å². The zero-order valence-corrected chi connectivity index (χ0v) is 16.6. The monoisotopic (exact) mass is 400 g/mol. The Morgan fingerprint density at radius 3 is 2.24 bits per heavy atom. The van der Waals surface area contributed by atoms with Crippen molar-refractivity contribution in [3.05, 3.63) is 64.7 Å². The van der Waals surface area contributed by atoms with Crippen LogP contribution in [0.1, 0.15) is 5.56 Å². The highest BCUT2D eigenvalue weighted by Gasteiger charge is 2.14. The second-order valence-electron chi connectivity index (χ2n) is 5.80. The van der Waals surface area contributed by atoms with Gasteiger partial charge in [0.1, 0.15) is 0 Å². The van der Waals surface area contributed by atoms with Crippen LogP contribution in [-0.2, 0) is 6.54 Å². The van der Waals surface area contributed by atoms with Gasteiger partial charge in [-0.3, -0.25) is 10.1 Å². The number of anilines is 1. The van der Waals surface area contributed by atoms with Crippen molar-refractivity contribution < 1.29 is 19.1 Å². The van der Waals surface area contributed by atoms with Crippen molar-refractivity contribution in [1.82, 2.24) is 5.32 Å². The first-order chi connectivity index (χ1) is 14.0. The van der Waals surface area contributed by atoms with Gasteiger partial charge in [0.15, 0.2) is 17.5 Å². The fraction of sp³-hybridized carbons (Fsp3) is 0.250. The van der Waals surface area contributed by atoms with Crippen molar-refractivity contribution in [2.24, 2.45) is 4.99 Å². The number of hydrogen-bond acceptors (Lipinski definition) is 6. The summed E-state index contributed by atoms with van der Waals surface area (Å²) in [5.74, 6) is 2.00. The Kier molecular flexibility index (Phi) is 7.84. The van der Waals surface area contributed by atoms with Gasteiger partial charge in [0.2, 0.25) is 5.75 Å². The van der Waals surface area contributed by atoms with Gasteiger partial charge in [-0.05, 0) is 5.56 Å². The van der Waals surface area contributed by atoms with E-state index in [4.69, 9.17) is 14.2 Å². The van der Waals surface area contributed by atoms with Gasteiger partial charge in [0.05, 0.1) is 32.8 Å². The molecule has 0 aromatic heterocycles. The highest BCUT2D eigenvalue weighted by Crippen LogP contribution is 2.39. The molecule has 0 spiro atoms. The van der Waals surface area contributed by atoms with E-state index in [2.05, 4.69) is 22.2 Å². The fourth-order valence-electron chi connectivity index (χ4n) is 2.49. The van der Waals surface area contributed by atoms with Crippen molar-refractivity contribution >= 4 is 17.3 Å². The molecular weight excluding hydrogens is 376 g/mol. The van der Waals surface area contributed by atoms with Crippen LogP contribution in [0.2, 0.25) is 0 Å². The van der Waals surface area contributed by atoms with Crippen LogP contribution >= 0.6 is 0 Å². The summed E-state index contributed by atoms with van der Waals surface area (Å²) in [5, 5.41) is 17.1. The number of guanidine groups is 1. The third kappa shape index (κ3) is 5.86. The first-order valence-electron chi connectivity index (χ1n) is 8.72. The molecule has 0 saturated carbocycles. The Hall–Kier alpha value is -3.75. The van der Waals surface area contributed by atoms with Crippen LogP contribution < -0.4 is 24.8 Å². The summed E-state index contributed by atoms with van der Waals surface area (Å²) in [6.45, 7) is 4.52. The first kappa shape index (κ1) is 21.5. The number of nitrogens with one attached hydrogen (secondary N) is 2. The van der Waals surface area contributed by atoms with E-state index in [1.807, 2.05) is 0 Å². The number of nitrogens with zero attached hydrogens (tertiary/aromatic N) is 2. The Bertz CT molecular complexity index is 856. The van der Waals surface area contributed by atoms with Crippen LogP contribution in [0.3, 0.4) is 0 Å². The van der Waals surface area contributed by atoms with Crippen LogP contribution in [0, 0.1) is 10.1 Å². The van der Waals surface area contributed by atoms with Gasteiger partial charge in [-0.1, -0.05) is 18.2 Å². The molecule has 0 aliphatic carbocycles. The molecule has 2 aromatic rings. The molecule has 2 rings (SSSR count). The van der Waals surface area contributed by atoms with Crippen LogP contribution in [0.25, 0.3) is 0 Å². The zero-order chi connectivity index (χ0) is 21.2. The number of ether oxygens (including phenoxy) is 3. The Morgan fingerprint density at radius 2 is 1.76 bits per heavy atom. The van der Waals surface area contributed by atoms with Crippen molar-refractivity contribution in [2.75, 3.05) is 33.2 Å². The van der Waals surface area contributed by atoms with Gasteiger partial charge < -0.3 is 24.8 Å². The highest BCUT2D eigenvalue weighted by atomic mass is 16.6. The van der Waals surface area contributed by atoms with E-state index in [9.17, 15) is 10.1 Å². The lowest BCUT2D eigenvalue weighted by molar-refractivity contribution is -0.384. The molecule has 0 aliphatic heterocycles. The number of methoxy groups -OCH3 is 3. The third-order valence-electron chi connectivity index (χ3n) is 3.91. The average molecular weight is 400 g/mol. The van der Waals surface area contributed by atoms with E-state index in [1.54, 1.807) is 44.6 Å². The number of nitro groups is 1. The smallest absolute Gasteiger partial charge is 0.269 e. The Labute approximate surface area is 169 Å². The summed E-state index contributed by atoms with van der Waals surface area (Å²) < 4.78 is 16.1. The number of hydrogen-bond donors (Lipinski definition) is 2. The minimum absolute atomic E-state index is 0.0401. The third-order valence-corrected chi connectivity index (χ3v) is 3.91. The minimum atomic E-state index is -0.434. The number of nitro benzene ring substituents is 1. The van der Waals surface area contributed by atoms with E-state index < -0.39 is 4.92 Å².